The van der Waals surface area contributed by atoms with Crippen molar-refractivity contribution in [3.05, 3.63) is 10.3 Å². The van der Waals surface area contributed by atoms with Gasteiger partial charge in [0, 0.05) is 11.9 Å². The highest BCUT2D eigenvalue weighted by atomic mass is 32.1. The van der Waals surface area contributed by atoms with Gasteiger partial charge < -0.3 is 20.1 Å². The Labute approximate surface area is 96.6 Å². The molecular weight excluding hydrogens is 228 g/mol. The fraction of sp³-hybridized carbons (Fsp3) is 0.500. The number of anilines is 1. The molecule has 0 radical (unpaired) electrons. The van der Waals surface area contributed by atoms with Gasteiger partial charge in [-0.1, -0.05) is 0 Å². The lowest BCUT2D eigenvalue weighted by Gasteiger charge is -2.30. The molecule has 5 nitrogen and oxygen atoms in total. The van der Waals surface area contributed by atoms with Crippen LogP contribution in [-0.4, -0.2) is 43.4 Å². The van der Waals surface area contributed by atoms with Crippen molar-refractivity contribution < 1.29 is 14.6 Å². The van der Waals surface area contributed by atoms with Crippen LogP contribution in [0.1, 0.15) is 9.67 Å². The first kappa shape index (κ1) is 9.92. The molecule has 0 fully saturated rings. The van der Waals surface area contributed by atoms with Gasteiger partial charge in [-0.15, -0.1) is 11.3 Å². The van der Waals surface area contributed by atoms with E-state index >= 15 is 0 Å². The van der Waals surface area contributed by atoms with Gasteiger partial charge in [0.25, 0.3) is 5.91 Å². The smallest absolute Gasteiger partial charge is 0.263 e. The molecule has 0 saturated heterocycles. The number of aliphatic hydroxyl groups is 1. The van der Waals surface area contributed by atoms with Gasteiger partial charge in [-0.05, 0) is 0 Å². The highest BCUT2D eigenvalue weighted by Crippen LogP contribution is 2.41. The first-order valence-electron chi connectivity index (χ1n) is 5.20. The predicted molar refractivity (Wildman–Crippen MR) is 60.4 cm³/mol. The predicted octanol–water partition coefficient (Wildman–Crippen LogP) is 0.0512. The van der Waals surface area contributed by atoms with Gasteiger partial charge in [0.15, 0.2) is 5.75 Å². The van der Waals surface area contributed by atoms with Crippen LogP contribution in [0.4, 0.5) is 5.69 Å². The van der Waals surface area contributed by atoms with E-state index in [1.54, 1.807) is 0 Å². The molecule has 0 saturated carbocycles. The lowest BCUT2D eigenvalue weighted by Crippen LogP contribution is -2.44. The van der Waals surface area contributed by atoms with Gasteiger partial charge >= 0.3 is 0 Å². The minimum atomic E-state index is -0.196. The number of hydrogen-bond donors (Lipinski definition) is 2. The van der Waals surface area contributed by atoms with E-state index in [9.17, 15) is 9.90 Å². The zero-order chi connectivity index (χ0) is 11.1. The Hall–Kier alpha value is -1.27. The molecule has 3 rings (SSSR count). The minimum absolute atomic E-state index is 0.0344. The molecule has 86 valence electrons. The number of ether oxygens (including phenoxy) is 1. The standard InChI is InChI=1S/C10H12N2O3S/c13-4-6-3-12-1-2-15-7-5-16-9(8(7)12)10(14)11-6/h5-6,13H,1-4H2,(H,11,14). The molecule has 1 amide bonds. The van der Waals surface area contributed by atoms with Crippen molar-refractivity contribution in [2.24, 2.45) is 0 Å². The quantitative estimate of drug-likeness (QED) is 0.728. The Bertz CT molecular complexity index is 432. The number of thiophene rings is 1. The van der Waals surface area contributed by atoms with Crippen LogP contribution >= 0.6 is 11.3 Å². The lowest BCUT2D eigenvalue weighted by atomic mass is 10.2. The van der Waals surface area contributed by atoms with E-state index in [1.165, 1.54) is 11.3 Å². The highest BCUT2D eigenvalue weighted by molar-refractivity contribution is 7.13. The lowest BCUT2D eigenvalue weighted by molar-refractivity contribution is 0.0928. The number of hydrogen-bond acceptors (Lipinski definition) is 5. The molecule has 0 spiro atoms. The van der Waals surface area contributed by atoms with Gasteiger partial charge in [0.05, 0.1) is 19.2 Å². The first-order valence-corrected chi connectivity index (χ1v) is 6.08. The van der Waals surface area contributed by atoms with Crippen molar-refractivity contribution in [3.8, 4) is 5.75 Å². The molecule has 6 heteroatoms. The number of carbonyl (C=O) groups is 1. The van der Waals surface area contributed by atoms with Gasteiger partial charge in [0.2, 0.25) is 0 Å². The van der Waals surface area contributed by atoms with Crippen LogP contribution < -0.4 is 15.0 Å². The summed E-state index contributed by atoms with van der Waals surface area (Å²) in [6, 6.07) is -0.196. The van der Waals surface area contributed by atoms with E-state index < -0.39 is 0 Å². The topological polar surface area (TPSA) is 61.8 Å². The molecule has 1 aromatic heterocycles. The van der Waals surface area contributed by atoms with Crippen LogP contribution in [0.15, 0.2) is 5.38 Å². The number of amides is 1. The van der Waals surface area contributed by atoms with E-state index in [1.807, 2.05) is 5.38 Å². The summed E-state index contributed by atoms with van der Waals surface area (Å²) in [5.74, 6) is 0.679. The summed E-state index contributed by atoms with van der Waals surface area (Å²) < 4.78 is 5.51. The third kappa shape index (κ3) is 1.37. The summed E-state index contributed by atoms with van der Waals surface area (Å²) in [6.45, 7) is 2.01. The molecule has 1 unspecified atom stereocenters. The number of nitrogens with one attached hydrogen (secondary N) is 1. The maximum absolute atomic E-state index is 11.9. The zero-order valence-electron chi connectivity index (χ0n) is 8.60. The van der Waals surface area contributed by atoms with Crippen molar-refractivity contribution >= 4 is 22.9 Å². The molecule has 16 heavy (non-hydrogen) atoms. The van der Waals surface area contributed by atoms with Gasteiger partial charge in [-0.25, -0.2) is 0 Å². The minimum Gasteiger partial charge on any atom is -0.489 e. The van der Waals surface area contributed by atoms with Crippen LogP contribution in [0, 0.1) is 0 Å². The summed E-state index contributed by atoms with van der Waals surface area (Å²) in [5, 5.41) is 13.9. The fourth-order valence-corrected chi connectivity index (χ4v) is 3.04. The number of rotatable bonds is 1. The third-order valence-electron chi connectivity index (χ3n) is 2.87. The molecular formula is C10H12N2O3S. The Kier molecular flexibility index (Phi) is 2.26. The molecule has 2 aliphatic heterocycles. The average molecular weight is 240 g/mol. The average Bonchev–Trinajstić information content (AvgIpc) is 2.66. The highest BCUT2D eigenvalue weighted by Gasteiger charge is 2.32. The summed E-state index contributed by atoms with van der Waals surface area (Å²) >= 11 is 1.39. The van der Waals surface area contributed by atoms with Crippen LogP contribution in [0.5, 0.6) is 5.75 Å². The Morgan fingerprint density at radius 1 is 1.69 bits per heavy atom. The van der Waals surface area contributed by atoms with E-state index in [0.717, 1.165) is 18.0 Å². The van der Waals surface area contributed by atoms with Crippen molar-refractivity contribution in [1.82, 2.24) is 5.32 Å². The van der Waals surface area contributed by atoms with Crippen molar-refractivity contribution in [1.29, 1.82) is 0 Å². The Balaban J connectivity index is 2.06. The van der Waals surface area contributed by atoms with Crippen LogP contribution in [-0.2, 0) is 0 Å². The molecule has 1 atom stereocenters. The molecule has 1 aromatic rings. The molecule has 0 aromatic carbocycles. The van der Waals surface area contributed by atoms with Crippen LogP contribution in [0.25, 0.3) is 0 Å². The van der Waals surface area contributed by atoms with Crippen molar-refractivity contribution in [3.63, 3.8) is 0 Å². The normalized spacial score (nSPS) is 23.2. The van der Waals surface area contributed by atoms with Crippen molar-refractivity contribution in [2.45, 2.75) is 6.04 Å². The van der Waals surface area contributed by atoms with Gasteiger partial charge in [-0.3, -0.25) is 4.79 Å². The SMILES string of the molecule is O=C1NC(CO)CN2CCOc3csc1c32. The molecule has 2 aliphatic rings. The van der Waals surface area contributed by atoms with E-state index in [4.69, 9.17) is 4.74 Å². The monoisotopic (exact) mass is 240 g/mol. The zero-order valence-corrected chi connectivity index (χ0v) is 9.42. The molecule has 0 aliphatic carbocycles. The molecule has 2 N–H and O–H groups in total. The summed E-state index contributed by atoms with van der Waals surface area (Å²) in [4.78, 5) is 14.7. The second-order valence-corrected chi connectivity index (χ2v) is 4.80. The van der Waals surface area contributed by atoms with Crippen molar-refractivity contribution in [2.75, 3.05) is 31.2 Å². The van der Waals surface area contributed by atoms with E-state index in [-0.39, 0.29) is 18.6 Å². The fourth-order valence-electron chi connectivity index (χ4n) is 2.13. The van der Waals surface area contributed by atoms with Gasteiger partial charge in [0.1, 0.15) is 17.2 Å². The molecule has 0 bridgehead atoms. The number of carbonyl (C=O) groups excluding carboxylic acids is 1. The summed E-state index contributed by atoms with van der Waals surface area (Å²) in [7, 11) is 0. The van der Waals surface area contributed by atoms with E-state index in [2.05, 4.69) is 10.2 Å². The third-order valence-corrected chi connectivity index (χ3v) is 3.82. The number of nitrogens with zero attached hydrogens (tertiary/aromatic N) is 1. The van der Waals surface area contributed by atoms with E-state index in [0.29, 0.717) is 18.0 Å². The molecule has 3 heterocycles. The Morgan fingerprint density at radius 3 is 3.38 bits per heavy atom. The first-order chi connectivity index (χ1) is 7.79. The second-order valence-electron chi connectivity index (χ2n) is 3.93. The van der Waals surface area contributed by atoms with Gasteiger partial charge in [-0.2, -0.15) is 0 Å². The summed E-state index contributed by atoms with van der Waals surface area (Å²) in [6.07, 6.45) is 0. The van der Waals surface area contributed by atoms with Crippen LogP contribution in [0.3, 0.4) is 0 Å². The largest absolute Gasteiger partial charge is 0.489 e. The maximum Gasteiger partial charge on any atom is 0.263 e. The Morgan fingerprint density at radius 2 is 2.56 bits per heavy atom. The van der Waals surface area contributed by atoms with Crippen LogP contribution in [0.2, 0.25) is 0 Å². The maximum atomic E-state index is 11.9. The number of aliphatic hydroxyl groups excluding tert-OH is 1. The summed E-state index contributed by atoms with van der Waals surface area (Å²) in [5.41, 5.74) is 0.893. The second kappa shape index (κ2) is 3.64.